The molecule has 1 N–H and O–H groups in total. The molecule has 2 atom stereocenters. The third-order valence-corrected chi connectivity index (χ3v) is 5.60. The number of pyridine rings is 1. The van der Waals surface area contributed by atoms with E-state index in [4.69, 9.17) is 4.74 Å². The summed E-state index contributed by atoms with van der Waals surface area (Å²) in [5, 5.41) is 10.7. The molecule has 3 nitrogen and oxygen atoms in total. The van der Waals surface area contributed by atoms with Crippen molar-refractivity contribution in [1.82, 2.24) is 4.98 Å². The van der Waals surface area contributed by atoms with E-state index >= 15 is 0 Å². The van der Waals surface area contributed by atoms with Crippen molar-refractivity contribution in [2.24, 2.45) is 5.92 Å². The number of rotatable bonds is 2. The fourth-order valence-electron chi connectivity index (χ4n) is 3.44. The van der Waals surface area contributed by atoms with Gasteiger partial charge in [-0.3, -0.25) is 4.98 Å². The molecule has 3 rings (SSSR count). The fourth-order valence-corrected chi connectivity index (χ4v) is 4.68. The molecule has 2 aliphatic rings. The molecule has 1 aromatic heterocycles. The summed E-state index contributed by atoms with van der Waals surface area (Å²) in [4.78, 5) is 4.21. The van der Waals surface area contributed by atoms with Gasteiger partial charge in [-0.15, -0.1) is 0 Å². The highest BCUT2D eigenvalue weighted by molar-refractivity contribution is 7.99. The zero-order chi connectivity index (χ0) is 14.0. The average molecular weight is 293 g/mol. The van der Waals surface area contributed by atoms with Gasteiger partial charge in [-0.1, -0.05) is 6.07 Å². The van der Waals surface area contributed by atoms with Gasteiger partial charge in [0.15, 0.2) is 0 Å². The van der Waals surface area contributed by atoms with Gasteiger partial charge in [0, 0.05) is 19.0 Å². The van der Waals surface area contributed by atoms with Crippen LogP contribution in [0, 0.1) is 12.8 Å². The van der Waals surface area contributed by atoms with Crippen molar-refractivity contribution in [3.05, 3.63) is 29.6 Å². The lowest BCUT2D eigenvalue weighted by Gasteiger charge is -2.44. The Hall–Kier alpha value is -0.580. The Bertz CT molecular complexity index is 454. The molecule has 2 aliphatic heterocycles. The standard InChI is InChI=1S/C16H23NO2S/c1-12-8-14(11-17-10-12)15(18)13-2-5-19-16(9-13)3-6-20-7-4-16/h8,10-11,13,15,18H,2-7,9H2,1H3. The summed E-state index contributed by atoms with van der Waals surface area (Å²) in [6.07, 6.45) is 7.43. The van der Waals surface area contributed by atoms with Gasteiger partial charge < -0.3 is 9.84 Å². The van der Waals surface area contributed by atoms with Crippen molar-refractivity contribution in [3.8, 4) is 0 Å². The van der Waals surface area contributed by atoms with E-state index in [9.17, 15) is 5.11 Å². The molecule has 0 amide bonds. The monoisotopic (exact) mass is 293 g/mol. The molecule has 1 aromatic rings. The highest BCUT2D eigenvalue weighted by Crippen LogP contribution is 2.43. The molecule has 2 saturated heterocycles. The first-order valence-corrected chi connectivity index (χ1v) is 8.65. The van der Waals surface area contributed by atoms with Gasteiger partial charge in [0.25, 0.3) is 0 Å². The van der Waals surface area contributed by atoms with Crippen LogP contribution in [-0.4, -0.2) is 33.8 Å². The van der Waals surface area contributed by atoms with E-state index in [0.29, 0.717) is 5.92 Å². The minimum atomic E-state index is -0.405. The molecular formula is C16H23NO2S. The molecule has 0 aromatic carbocycles. The maximum Gasteiger partial charge on any atom is 0.0835 e. The minimum Gasteiger partial charge on any atom is -0.388 e. The fraction of sp³-hybridized carbons (Fsp3) is 0.688. The predicted molar refractivity (Wildman–Crippen MR) is 81.9 cm³/mol. The van der Waals surface area contributed by atoms with Crippen molar-refractivity contribution < 1.29 is 9.84 Å². The second-order valence-electron chi connectivity index (χ2n) is 6.14. The maximum absolute atomic E-state index is 10.7. The average Bonchev–Trinajstić information content (AvgIpc) is 2.47. The smallest absolute Gasteiger partial charge is 0.0835 e. The summed E-state index contributed by atoms with van der Waals surface area (Å²) in [5.74, 6) is 2.68. The Morgan fingerprint density at radius 2 is 2.20 bits per heavy atom. The first-order chi connectivity index (χ1) is 9.69. The van der Waals surface area contributed by atoms with Crippen LogP contribution < -0.4 is 0 Å². The Morgan fingerprint density at radius 1 is 1.40 bits per heavy atom. The van der Waals surface area contributed by atoms with Gasteiger partial charge in [0.2, 0.25) is 0 Å². The van der Waals surface area contributed by atoms with E-state index in [-0.39, 0.29) is 5.60 Å². The minimum absolute atomic E-state index is 0.0341. The molecule has 0 bridgehead atoms. The van der Waals surface area contributed by atoms with Crippen LogP contribution in [0.25, 0.3) is 0 Å². The lowest BCUT2D eigenvalue weighted by molar-refractivity contribution is -0.121. The van der Waals surface area contributed by atoms with E-state index in [1.165, 1.54) is 11.5 Å². The van der Waals surface area contributed by atoms with Crippen molar-refractivity contribution in [3.63, 3.8) is 0 Å². The molecule has 0 radical (unpaired) electrons. The lowest BCUT2D eigenvalue weighted by atomic mass is 9.78. The Morgan fingerprint density at radius 3 is 2.95 bits per heavy atom. The van der Waals surface area contributed by atoms with Crippen molar-refractivity contribution in [2.75, 3.05) is 18.1 Å². The second kappa shape index (κ2) is 6.04. The zero-order valence-corrected chi connectivity index (χ0v) is 12.9. The number of aliphatic hydroxyl groups excluding tert-OH is 1. The third kappa shape index (κ3) is 3.02. The van der Waals surface area contributed by atoms with Gasteiger partial charge in [0.05, 0.1) is 11.7 Å². The van der Waals surface area contributed by atoms with Crippen LogP contribution in [0.1, 0.15) is 42.9 Å². The van der Waals surface area contributed by atoms with E-state index < -0.39 is 6.10 Å². The summed E-state index contributed by atoms with van der Waals surface area (Å²) in [6.45, 7) is 2.80. The second-order valence-corrected chi connectivity index (χ2v) is 7.36. The lowest BCUT2D eigenvalue weighted by Crippen LogP contribution is -2.44. The first kappa shape index (κ1) is 14.4. The molecular weight excluding hydrogens is 270 g/mol. The number of ether oxygens (including phenoxy) is 1. The van der Waals surface area contributed by atoms with Crippen LogP contribution in [0.4, 0.5) is 0 Å². The largest absolute Gasteiger partial charge is 0.388 e. The van der Waals surface area contributed by atoms with Crippen molar-refractivity contribution in [2.45, 2.75) is 44.3 Å². The maximum atomic E-state index is 10.7. The molecule has 3 heterocycles. The van der Waals surface area contributed by atoms with E-state index in [1.807, 2.05) is 24.9 Å². The molecule has 2 unspecified atom stereocenters. The number of hydrogen-bond donors (Lipinski definition) is 1. The molecule has 0 aliphatic carbocycles. The first-order valence-electron chi connectivity index (χ1n) is 7.50. The number of aliphatic hydroxyl groups is 1. The Balaban J connectivity index is 1.73. The van der Waals surface area contributed by atoms with Crippen LogP contribution >= 0.6 is 11.8 Å². The molecule has 4 heteroatoms. The number of aromatic nitrogens is 1. The van der Waals surface area contributed by atoms with Crippen LogP contribution in [0.3, 0.4) is 0 Å². The highest BCUT2D eigenvalue weighted by atomic mass is 32.2. The Kier molecular flexibility index (Phi) is 4.34. The van der Waals surface area contributed by atoms with Gasteiger partial charge >= 0.3 is 0 Å². The summed E-state index contributed by atoms with van der Waals surface area (Å²) in [6, 6.07) is 2.05. The van der Waals surface area contributed by atoms with Crippen LogP contribution in [-0.2, 0) is 4.74 Å². The van der Waals surface area contributed by atoms with Gasteiger partial charge in [-0.2, -0.15) is 11.8 Å². The van der Waals surface area contributed by atoms with Crippen molar-refractivity contribution >= 4 is 11.8 Å². The zero-order valence-electron chi connectivity index (χ0n) is 12.0. The molecule has 1 spiro atoms. The van der Waals surface area contributed by atoms with Gasteiger partial charge in [-0.05, 0) is 61.2 Å². The molecule has 2 fully saturated rings. The summed E-state index contributed by atoms with van der Waals surface area (Å²) >= 11 is 2.02. The molecule has 110 valence electrons. The molecule has 0 saturated carbocycles. The van der Waals surface area contributed by atoms with E-state index in [0.717, 1.165) is 43.4 Å². The van der Waals surface area contributed by atoms with E-state index in [2.05, 4.69) is 11.1 Å². The van der Waals surface area contributed by atoms with Crippen LogP contribution in [0.5, 0.6) is 0 Å². The third-order valence-electron chi connectivity index (χ3n) is 4.62. The summed E-state index contributed by atoms with van der Waals surface area (Å²) in [7, 11) is 0. The number of nitrogens with zero attached hydrogens (tertiary/aromatic N) is 1. The summed E-state index contributed by atoms with van der Waals surface area (Å²) in [5.41, 5.74) is 2.10. The summed E-state index contributed by atoms with van der Waals surface area (Å²) < 4.78 is 6.11. The molecule has 20 heavy (non-hydrogen) atoms. The number of thioether (sulfide) groups is 1. The van der Waals surface area contributed by atoms with E-state index in [1.54, 1.807) is 6.20 Å². The van der Waals surface area contributed by atoms with Crippen LogP contribution in [0.2, 0.25) is 0 Å². The van der Waals surface area contributed by atoms with Crippen molar-refractivity contribution in [1.29, 1.82) is 0 Å². The highest BCUT2D eigenvalue weighted by Gasteiger charge is 2.41. The quantitative estimate of drug-likeness (QED) is 0.910. The van der Waals surface area contributed by atoms with Gasteiger partial charge in [0.1, 0.15) is 0 Å². The SMILES string of the molecule is Cc1cncc(C(O)C2CCOC3(CCSCC3)C2)c1. The topological polar surface area (TPSA) is 42.4 Å². The van der Waals surface area contributed by atoms with Crippen LogP contribution in [0.15, 0.2) is 18.5 Å². The normalized spacial score (nSPS) is 27.4. The number of aryl methyl sites for hydroxylation is 1. The number of hydrogen-bond acceptors (Lipinski definition) is 4. The Labute approximate surface area is 125 Å². The van der Waals surface area contributed by atoms with Gasteiger partial charge in [-0.25, -0.2) is 0 Å². The predicted octanol–water partition coefficient (Wildman–Crippen LogP) is 3.12.